The van der Waals surface area contributed by atoms with Gasteiger partial charge in [-0.1, -0.05) is 29.8 Å². The standard InChI is InChI=1S/C21H17F3N4O2/c1-10-3-5-12(6-4-10)19-11(2)20-26-16(29)9-15(28(20)27-19)21(30)25-14-8-7-13(22)17(23)18(14)24/h3-8,15H,9H2,1-2H3,(H,25,30)(H,26,29)/t15-/m1/s1. The molecule has 30 heavy (non-hydrogen) atoms. The number of aryl methyl sites for hydroxylation is 1. The van der Waals surface area contributed by atoms with E-state index in [0.717, 1.165) is 17.2 Å². The second kappa shape index (κ2) is 7.33. The van der Waals surface area contributed by atoms with Crippen LogP contribution in [0.2, 0.25) is 0 Å². The Morgan fingerprint density at radius 1 is 1.10 bits per heavy atom. The zero-order valence-electron chi connectivity index (χ0n) is 16.1. The highest BCUT2D eigenvalue weighted by Crippen LogP contribution is 2.34. The lowest BCUT2D eigenvalue weighted by Gasteiger charge is -2.24. The normalized spacial score (nSPS) is 15.5. The van der Waals surface area contributed by atoms with Gasteiger partial charge in [-0.3, -0.25) is 9.59 Å². The summed E-state index contributed by atoms with van der Waals surface area (Å²) in [5, 5.41) is 9.42. The smallest absolute Gasteiger partial charge is 0.249 e. The molecular weight excluding hydrogens is 397 g/mol. The lowest BCUT2D eigenvalue weighted by molar-refractivity contribution is -0.125. The van der Waals surface area contributed by atoms with E-state index in [4.69, 9.17) is 0 Å². The van der Waals surface area contributed by atoms with Crippen molar-refractivity contribution >= 4 is 23.3 Å². The first-order valence-corrected chi connectivity index (χ1v) is 9.16. The Labute approximate surface area is 169 Å². The minimum absolute atomic E-state index is 0.238. The van der Waals surface area contributed by atoms with Crippen LogP contribution < -0.4 is 10.6 Å². The van der Waals surface area contributed by atoms with Gasteiger partial charge in [-0.25, -0.2) is 17.9 Å². The molecule has 0 bridgehead atoms. The predicted molar refractivity (Wildman–Crippen MR) is 104 cm³/mol. The van der Waals surface area contributed by atoms with Crippen LogP contribution in [-0.2, 0) is 9.59 Å². The van der Waals surface area contributed by atoms with E-state index in [0.29, 0.717) is 23.1 Å². The van der Waals surface area contributed by atoms with E-state index >= 15 is 0 Å². The summed E-state index contributed by atoms with van der Waals surface area (Å²) in [7, 11) is 0. The molecule has 154 valence electrons. The number of carbonyl (C=O) groups is 2. The van der Waals surface area contributed by atoms with Gasteiger partial charge in [0.05, 0.1) is 17.8 Å². The molecule has 2 N–H and O–H groups in total. The van der Waals surface area contributed by atoms with Crippen LogP contribution in [0.4, 0.5) is 24.7 Å². The Bertz CT molecular complexity index is 1170. The van der Waals surface area contributed by atoms with E-state index in [1.54, 1.807) is 6.92 Å². The van der Waals surface area contributed by atoms with Crippen LogP contribution in [0.25, 0.3) is 11.3 Å². The number of fused-ring (bicyclic) bond motifs is 1. The Morgan fingerprint density at radius 2 is 1.80 bits per heavy atom. The summed E-state index contributed by atoms with van der Waals surface area (Å²) < 4.78 is 41.9. The van der Waals surface area contributed by atoms with Crippen molar-refractivity contribution in [3.63, 3.8) is 0 Å². The quantitative estimate of drug-likeness (QED) is 0.634. The molecular formula is C21H17F3N4O2. The number of nitrogens with one attached hydrogen (secondary N) is 2. The topological polar surface area (TPSA) is 76.0 Å². The maximum atomic E-state index is 14.0. The number of aromatic nitrogens is 2. The molecule has 1 aliphatic rings. The molecule has 2 amide bonds. The summed E-state index contributed by atoms with van der Waals surface area (Å²) in [5.41, 5.74) is 2.61. The van der Waals surface area contributed by atoms with E-state index in [1.165, 1.54) is 4.68 Å². The first-order chi connectivity index (χ1) is 14.3. The Morgan fingerprint density at radius 3 is 2.50 bits per heavy atom. The van der Waals surface area contributed by atoms with Crippen molar-refractivity contribution in [1.82, 2.24) is 9.78 Å². The van der Waals surface area contributed by atoms with Gasteiger partial charge in [-0.05, 0) is 26.0 Å². The molecule has 0 radical (unpaired) electrons. The fraction of sp³-hybridized carbons (Fsp3) is 0.190. The monoisotopic (exact) mass is 414 g/mol. The van der Waals surface area contributed by atoms with Crippen molar-refractivity contribution in [2.45, 2.75) is 26.3 Å². The average Bonchev–Trinajstić information content (AvgIpc) is 3.05. The van der Waals surface area contributed by atoms with E-state index in [2.05, 4.69) is 15.7 Å². The van der Waals surface area contributed by atoms with E-state index in [-0.39, 0.29) is 6.42 Å². The lowest BCUT2D eigenvalue weighted by atomic mass is 10.1. The summed E-state index contributed by atoms with van der Waals surface area (Å²) in [6.45, 7) is 3.72. The van der Waals surface area contributed by atoms with Crippen LogP contribution in [-0.4, -0.2) is 21.6 Å². The molecule has 3 aromatic rings. The minimum Gasteiger partial charge on any atom is -0.322 e. The molecule has 6 nitrogen and oxygen atoms in total. The highest BCUT2D eigenvalue weighted by atomic mass is 19.2. The number of benzene rings is 2. The summed E-state index contributed by atoms with van der Waals surface area (Å²) in [6, 6.07) is 8.14. The molecule has 0 fully saturated rings. The molecule has 9 heteroatoms. The molecule has 2 aromatic carbocycles. The third kappa shape index (κ3) is 3.32. The van der Waals surface area contributed by atoms with Crippen molar-refractivity contribution < 1.29 is 22.8 Å². The van der Waals surface area contributed by atoms with Crippen LogP contribution >= 0.6 is 0 Å². The zero-order valence-corrected chi connectivity index (χ0v) is 16.1. The molecule has 1 aliphatic heterocycles. The van der Waals surface area contributed by atoms with Gasteiger partial charge in [-0.15, -0.1) is 0 Å². The third-order valence-corrected chi connectivity index (χ3v) is 5.00. The third-order valence-electron chi connectivity index (χ3n) is 5.00. The number of hydrogen-bond donors (Lipinski definition) is 2. The van der Waals surface area contributed by atoms with Crippen LogP contribution in [0.15, 0.2) is 36.4 Å². The summed E-state index contributed by atoms with van der Waals surface area (Å²) in [5.74, 6) is -5.39. The molecule has 4 rings (SSSR count). The van der Waals surface area contributed by atoms with Crippen molar-refractivity contribution in [2.75, 3.05) is 10.6 Å². The summed E-state index contributed by atoms with van der Waals surface area (Å²) in [4.78, 5) is 25.0. The van der Waals surface area contributed by atoms with E-state index in [9.17, 15) is 22.8 Å². The second-order valence-electron chi connectivity index (χ2n) is 7.11. The van der Waals surface area contributed by atoms with Gasteiger partial charge in [0.1, 0.15) is 11.9 Å². The fourth-order valence-electron chi connectivity index (χ4n) is 3.37. The molecule has 0 aliphatic carbocycles. The average molecular weight is 414 g/mol. The largest absolute Gasteiger partial charge is 0.322 e. The first-order valence-electron chi connectivity index (χ1n) is 9.16. The number of anilines is 2. The van der Waals surface area contributed by atoms with Crippen molar-refractivity contribution in [3.8, 4) is 11.3 Å². The number of hydrogen-bond acceptors (Lipinski definition) is 3. The molecule has 1 aromatic heterocycles. The number of rotatable bonds is 3. The van der Waals surface area contributed by atoms with Gasteiger partial charge >= 0.3 is 0 Å². The van der Waals surface area contributed by atoms with Crippen molar-refractivity contribution in [1.29, 1.82) is 0 Å². The molecule has 0 saturated carbocycles. The van der Waals surface area contributed by atoms with Crippen LogP contribution in [0, 0.1) is 31.3 Å². The minimum atomic E-state index is -1.69. The van der Waals surface area contributed by atoms with Gasteiger partial charge in [0, 0.05) is 11.1 Å². The van der Waals surface area contributed by atoms with Crippen LogP contribution in [0.5, 0.6) is 0 Å². The Hall–Kier alpha value is -3.62. The zero-order chi connectivity index (χ0) is 21.6. The SMILES string of the molecule is Cc1ccc(-c2nn3c(c2C)NC(=O)C[C@@H]3C(=O)Nc2ccc(F)c(F)c2F)cc1. The van der Waals surface area contributed by atoms with Crippen molar-refractivity contribution in [3.05, 3.63) is 65.0 Å². The van der Waals surface area contributed by atoms with Crippen molar-refractivity contribution in [2.24, 2.45) is 0 Å². The van der Waals surface area contributed by atoms with Gasteiger partial charge < -0.3 is 10.6 Å². The summed E-state index contributed by atoms with van der Waals surface area (Å²) >= 11 is 0. The number of amides is 2. The fourth-order valence-corrected chi connectivity index (χ4v) is 3.37. The molecule has 2 heterocycles. The van der Waals surface area contributed by atoms with Gasteiger partial charge in [0.15, 0.2) is 17.5 Å². The maximum absolute atomic E-state index is 14.0. The highest BCUT2D eigenvalue weighted by Gasteiger charge is 2.34. The number of halogens is 3. The van der Waals surface area contributed by atoms with Crippen LogP contribution in [0.1, 0.15) is 23.6 Å². The van der Waals surface area contributed by atoms with Gasteiger partial charge in [0.25, 0.3) is 0 Å². The second-order valence-corrected chi connectivity index (χ2v) is 7.11. The Kier molecular flexibility index (Phi) is 4.81. The number of carbonyl (C=O) groups excluding carboxylic acids is 2. The van der Waals surface area contributed by atoms with E-state index in [1.807, 2.05) is 31.2 Å². The maximum Gasteiger partial charge on any atom is 0.249 e. The molecule has 0 saturated heterocycles. The number of nitrogens with zero attached hydrogens (tertiary/aromatic N) is 2. The van der Waals surface area contributed by atoms with Gasteiger partial charge in [-0.2, -0.15) is 5.10 Å². The lowest BCUT2D eigenvalue weighted by Crippen LogP contribution is -2.36. The van der Waals surface area contributed by atoms with Gasteiger partial charge in [0.2, 0.25) is 11.8 Å². The molecule has 0 unspecified atom stereocenters. The summed E-state index contributed by atoms with van der Waals surface area (Å²) in [6.07, 6.45) is -0.238. The molecule has 1 atom stereocenters. The first kappa shape index (κ1) is 19.7. The highest BCUT2D eigenvalue weighted by molar-refractivity contribution is 6.02. The predicted octanol–water partition coefficient (Wildman–Crippen LogP) is 4.11. The molecule has 0 spiro atoms. The van der Waals surface area contributed by atoms with E-state index < -0.39 is 41.0 Å². The van der Waals surface area contributed by atoms with Crippen LogP contribution in [0.3, 0.4) is 0 Å². The Balaban J connectivity index is 1.70.